The van der Waals surface area contributed by atoms with Crippen molar-refractivity contribution in [3.8, 4) is 11.5 Å². The third-order valence-corrected chi connectivity index (χ3v) is 7.06. The molecule has 0 aliphatic rings. The molecule has 0 saturated heterocycles. The molecule has 0 aromatic heterocycles. The number of carbonyl (C=O) groups is 2. The zero-order chi connectivity index (χ0) is 26.9. The number of benzene rings is 2. The van der Waals surface area contributed by atoms with E-state index in [1.54, 1.807) is 43.5 Å². The van der Waals surface area contributed by atoms with E-state index in [-0.39, 0.29) is 18.5 Å². The van der Waals surface area contributed by atoms with Gasteiger partial charge in [0.15, 0.2) is 0 Å². The third kappa shape index (κ3) is 7.87. The quantitative estimate of drug-likeness (QED) is 0.436. The molecule has 0 radical (unpaired) electrons. The van der Waals surface area contributed by atoms with Crippen LogP contribution >= 0.6 is 0 Å². The lowest BCUT2D eigenvalue weighted by Crippen LogP contribution is -2.53. The van der Waals surface area contributed by atoms with E-state index < -0.39 is 28.5 Å². The number of hydrogen-bond acceptors (Lipinski definition) is 6. The van der Waals surface area contributed by atoms with Crippen LogP contribution in [0.3, 0.4) is 0 Å². The average molecular weight is 520 g/mol. The molecule has 0 spiro atoms. The summed E-state index contributed by atoms with van der Waals surface area (Å²) in [6.07, 6.45) is 2.15. The molecule has 2 aromatic carbocycles. The Bertz CT molecular complexity index is 1120. The number of nitrogens with one attached hydrogen (secondary N) is 1. The van der Waals surface area contributed by atoms with Gasteiger partial charge in [-0.25, -0.2) is 8.42 Å². The van der Waals surface area contributed by atoms with Crippen LogP contribution in [0.2, 0.25) is 0 Å². The normalized spacial score (nSPS) is 12.8. The summed E-state index contributed by atoms with van der Waals surface area (Å²) in [4.78, 5) is 28.3. The summed E-state index contributed by atoms with van der Waals surface area (Å²) in [6, 6.07) is 12.8. The summed E-state index contributed by atoms with van der Waals surface area (Å²) < 4.78 is 36.9. The molecule has 0 saturated carbocycles. The Kier molecular flexibility index (Phi) is 10.6. The zero-order valence-corrected chi connectivity index (χ0v) is 22.7. The molecule has 0 heterocycles. The van der Waals surface area contributed by atoms with Crippen molar-refractivity contribution >= 4 is 27.5 Å². The average Bonchev–Trinajstić information content (AvgIpc) is 2.86. The SMILES string of the molecule is CC[C@@H](C)NC(=O)[C@@H](CC)N(Cc1ccc(OC)cc1)C(=O)CN(c1cccc(OC)c1)S(C)(=O)=O. The van der Waals surface area contributed by atoms with E-state index in [2.05, 4.69) is 5.32 Å². The molecule has 1 N–H and O–H groups in total. The minimum absolute atomic E-state index is 0.0613. The molecule has 198 valence electrons. The standard InChI is InChI=1S/C26H37N3O6S/c1-7-19(3)27-26(31)24(8-2)28(17-20-12-14-22(34-4)15-13-20)25(30)18-29(36(6,32)33)21-10-9-11-23(16-21)35-5/h9-16,19,24H,7-8,17-18H2,1-6H3,(H,27,31)/t19-,24-/m1/s1. The number of methoxy groups -OCH3 is 2. The smallest absolute Gasteiger partial charge is 0.244 e. The van der Waals surface area contributed by atoms with Gasteiger partial charge in [0.05, 0.1) is 26.2 Å². The van der Waals surface area contributed by atoms with Crippen molar-refractivity contribution < 1.29 is 27.5 Å². The summed E-state index contributed by atoms with van der Waals surface area (Å²) in [5, 5.41) is 2.95. The summed E-state index contributed by atoms with van der Waals surface area (Å²) in [7, 11) is -0.771. The Labute approximate surface area is 214 Å². The van der Waals surface area contributed by atoms with Crippen LogP contribution in [0.4, 0.5) is 5.69 Å². The van der Waals surface area contributed by atoms with Crippen LogP contribution in [0.15, 0.2) is 48.5 Å². The Morgan fingerprint density at radius 2 is 1.61 bits per heavy atom. The van der Waals surface area contributed by atoms with Crippen molar-refractivity contribution in [2.75, 3.05) is 31.3 Å². The fourth-order valence-corrected chi connectivity index (χ4v) is 4.51. The van der Waals surface area contributed by atoms with Crippen LogP contribution in [-0.2, 0) is 26.2 Å². The first-order chi connectivity index (χ1) is 17.0. The minimum atomic E-state index is -3.82. The van der Waals surface area contributed by atoms with E-state index in [0.29, 0.717) is 23.6 Å². The van der Waals surface area contributed by atoms with Gasteiger partial charge in [-0.1, -0.05) is 32.0 Å². The Balaban J connectivity index is 2.44. The Morgan fingerprint density at radius 1 is 0.972 bits per heavy atom. The lowest BCUT2D eigenvalue weighted by Gasteiger charge is -2.33. The zero-order valence-electron chi connectivity index (χ0n) is 21.9. The van der Waals surface area contributed by atoms with Crippen LogP contribution in [0.25, 0.3) is 0 Å². The van der Waals surface area contributed by atoms with Gasteiger partial charge < -0.3 is 19.7 Å². The van der Waals surface area contributed by atoms with E-state index in [1.165, 1.54) is 12.0 Å². The number of ether oxygens (including phenoxy) is 2. The second kappa shape index (κ2) is 13.2. The van der Waals surface area contributed by atoms with Gasteiger partial charge in [-0.3, -0.25) is 13.9 Å². The van der Waals surface area contributed by atoms with E-state index in [9.17, 15) is 18.0 Å². The van der Waals surface area contributed by atoms with Crippen molar-refractivity contribution in [3.63, 3.8) is 0 Å². The summed E-state index contributed by atoms with van der Waals surface area (Å²) in [6.45, 7) is 5.35. The van der Waals surface area contributed by atoms with Gasteiger partial charge in [-0.05, 0) is 49.6 Å². The van der Waals surface area contributed by atoms with Crippen molar-refractivity contribution in [3.05, 3.63) is 54.1 Å². The van der Waals surface area contributed by atoms with Gasteiger partial charge in [0.2, 0.25) is 21.8 Å². The lowest BCUT2D eigenvalue weighted by atomic mass is 10.1. The number of amides is 2. The molecule has 0 bridgehead atoms. The maximum absolute atomic E-state index is 13.7. The highest BCUT2D eigenvalue weighted by Crippen LogP contribution is 2.24. The van der Waals surface area contributed by atoms with E-state index in [1.807, 2.05) is 32.9 Å². The highest BCUT2D eigenvalue weighted by atomic mass is 32.2. The van der Waals surface area contributed by atoms with Gasteiger partial charge in [0.25, 0.3) is 0 Å². The predicted molar refractivity (Wildman–Crippen MR) is 141 cm³/mol. The predicted octanol–water partition coefficient (Wildman–Crippen LogP) is 3.19. The second-order valence-electron chi connectivity index (χ2n) is 8.58. The van der Waals surface area contributed by atoms with Crippen LogP contribution in [0.5, 0.6) is 11.5 Å². The highest BCUT2D eigenvalue weighted by molar-refractivity contribution is 7.92. The molecular formula is C26H37N3O6S. The van der Waals surface area contributed by atoms with E-state index in [4.69, 9.17) is 9.47 Å². The third-order valence-electron chi connectivity index (χ3n) is 5.92. The molecule has 2 aromatic rings. The van der Waals surface area contributed by atoms with Gasteiger partial charge >= 0.3 is 0 Å². The number of rotatable bonds is 13. The number of carbonyl (C=O) groups excluding carboxylic acids is 2. The van der Waals surface area contributed by atoms with Crippen molar-refractivity contribution in [2.45, 2.75) is 52.2 Å². The Morgan fingerprint density at radius 3 is 2.14 bits per heavy atom. The van der Waals surface area contributed by atoms with Crippen molar-refractivity contribution in [1.29, 1.82) is 0 Å². The molecule has 0 fully saturated rings. The number of sulfonamides is 1. The van der Waals surface area contributed by atoms with Crippen LogP contribution in [-0.4, -0.2) is 64.2 Å². The minimum Gasteiger partial charge on any atom is -0.497 e. The van der Waals surface area contributed by atoms with Crippen molar-refractivity contribution in [1.82, 2.24) is 10.2 Å². The van der Waals surface area contributed by atoms with Crippen LogP contribution < -0.4 is 19.1 Å². The first-order valence-electron chi connectivity index (χ1n) is 11.9. The molecule has 0 aliphatic heterocycles. The first kappa shape index (κ1) is 29.0. The van der Waals surface area contributed by atoms with Crippen LogP contribution in [0.1, 0.15) is 39.2 Å². The number of anilines is 1. The molecule has 36 heavy (non-hydrogen) atoms. The number of nitrogens with zero attached hydrogens (tertiary/aromatic N) is 2. The summed E-state index contributed by atoms with van der Waals surface area (Å²) >= 11 is 0. The molecular weight excluding hydrogens is 482 g/mol. The van der Waals surface area contributed by atoms with Gasteiger partial charge in [0.1, 0.15) is 24.1 Å². The second-order valence-corrected chi connectivity index (χ2v) is 10.5. The molecule has 2 amide bonds. The van der Waals surface area contributed by atoms with Gasteiger partial charge in [0, 0.05) is 18.7 Å². The maximum atomic E-state index is 13.7. The first-order valence-corrected chi connectivity index (χ1v) is 13.7. The largest absolute Gasteiger partial charge is 0.497 e. The molecule has 0 aliphatic carbocycles. The molecule has 9 nitrogen and oxygen atoms in total. The highest BCUT2D eigenvalue weighted by Gasteiger charge is 2.32. The van der Waals surface area contributed by atoms with Gasteiger partial charge in [-0.15, -0.1) is 0 Å². The summed E-state index contributed by atoms with van der Waals surface area (Å²) in [5.74, 6) is 0.355. The molecule has 2 atom stereocenters. The topological polar surface area (TPSA) is 105 Å². The molecule has 10 heteroatoms. The summed E-state index contributed by atoms with van der Waals surface area (Å²) in [5.41, 5.74) is 1.08. The fourth-order valence-electron chi connectivity index (χ4n) is 3.67. The molecule has 2 rings (SSSR count). The van der Waals surface area contributed by atoms with Gasteiger partial charge in [-0.2, -0.15) is 0 Å². The monoisotopic (exact) mass is 519 g/mol. The van der Waals surface area contributed by atoms with E-state index in [0.717, 1.165) is 22.5 Å². The van der Waals surface area contributed by atoms with Crippen LogP contribution in [0, 0.1) is 0 Å². The van der Waals surface area contributed by atoms with E-state index >= 15 is 0 Å². The van der Waals surface area contributed by atoms with Crippen molar-refractivity contribution in [2.24, 2.45) is 0 Å². The molecule has 0 unspecified atom stereocenters. The Hall–Kier alpha value is -3.27. The lowest BCUT2D eigenvalue weighted by molar-refractivity contribution is -0.140. The maximum Gasteiger partial charge on any atom is 0.244 e. The fraction of sp³-hybridized carbons (Fsp3) is 0.462. The number of hydrogen-bond donors (Lipinski definition) is 1.